The van der Waals surface area contributed by atoms with E-state index in [2.05, 4.69) is 10.1 Å². The molecule has 0 spiro atoms. The molecule has 1 heterocycles. The van der Waals surface area contributed by atoms with Gasteiger partial charge in [0, 0.05) is 19.1 Å². The summed E-state index contributed by atoms with van der Waals surface area (Å²) >= 11 is 0. The van der Waals surface area contributed by atoms with Crippen molar-refractivity contribution >= 4 is 0 Å². The van der Waals surface area contributed by atoms with Crippen LogP contribution in [0.2, 0.25) is 0 Å². The van der Waals surface area contributed by atoms with Crippen molar-refractivity contribution in [3.63, 3.8) is 0 Å². The highest BCUT2D eigenvalue weighted by Crippen LogP contribution is 2.32. The third-order valence-corrected chi connectivity index (χ3v) is 2.58. The van der Waals surface area contributed by atoms with Gasteiger partial charge in [-0.1, -0.05) is 5.16 Å². The summed E-state index contributed by atoms with van der Waals surface area (Å²) in [6.07, 6.45) is 3.05. The minimum absolute atomic E-state index is 0.290. The van der Waals surface area contributed by atoms with Crippen molar-refractivity contribution < 1.29 is 9.26 Å². The minimum Gasteiger partial charge on any atom is -0.377 e. The molecule has 2 N–H and O–H groups in total. The molecule has 2 rings (SSSR count). The van der Waals surface area contributed by atoms with Crippen LogP contribution >= 0.6 is 0 Å². The van der Waals surface area contributed by atoms with E-state index in [4.69, 9.17) is 15.0 Å². The summed E-state index contributed by atoms with van der Waals surface area (Å²) in [6, 6.07) is 0.290. The molecule has 0 aliphatic heterocycles. The number of aromatic nitrogens is 2. The molecule has 0 amide bonds. The summed E-state index contributed by atoms with van der Waals surface area (Å²) in [5.74, 6) is 1.68. The lowest BCUT2D eigenvalue weighted by Gasteiger charge is -2.01. The van der Waals surface area contributed by atoms with Gasteiger partial charge in [-0.25, -0.2) is 0 Å². The van der Waals surface area contributed by atoms with Crippen molar-refractivity contribution in [1.82, 2.24) is 10.1 Å². The Morgan fingerprint density at radius 3 is 3.07 bits per heavy atom. The Hall–Kier alpha value is -0.940. The fraction of sp³-hybridized carbons (Fsp3) is 0.778. The maximum atomic E-state index is 5.81. The molecule has 0 radical (unpaired) electrons. The molecule has 78 valence electrons. The first-order valence-electron chi connectivity index (χ1n) is 4.86. The molecular weight excluding hydrogens is 182 g/mol. The number of hydrogen-bond donors (Lipinski definition) is 1. The van der Waals surface area contributed by atoms with E-state index in [1.807, 2.05) is 0 Å². The van der Waals surface area contributed by atoms with Crippen LogP contribution in [0, 0.1) is 0 Å². The molecule has 1 aromatic rings. The van der Waals surface area contributed by atoms with Crippen LogP contribution in [0.4, 0.5) is 0 Å². The van der Waals surface area contributed by atoms with Crippen molar-refractivity contribution in [2.24, 2.45) is 5.73 Å². The van der Waals surface area contributed by atoms with Gasteiger partial charge in [0.15, 0.2) is 5.82 Å². The highest BCUT2D eigenvalue weighted by atomic mass is 16.5. The second-order valence-electron chi connectivity index (χ2n) is 3.75. The van der Waals surface area contributed by atoms with E-state index in [-0.39, 0.29) is 6.04 Å². The lowest BCUT2D eigenvalue weighted by Crippen LogP contribution is -2.14. The van der Waals surface area contributed by atoms with Gasteiger partial charge in [-0.2, -0.15) is 4.98 Å². The smallest absolute Gasteiger partial charge is 0.229 e. The zero-order valence-corrected chi connectivity index (χ0v) is 8.27. The number of methoxy groups -OCH3 is 1. The lowest BCUT2D eigenvalue weighted by atomic mass is 10.1. The van der Waals surface area contributed by atoms with Gasteiger partial charge in [0.25, 0.3) is 0 Å². The number of nitrogens with zero attached hydrogens (tertiary/aromatic N) is 2. The Morgan fingerprint density at radius 1 is 1.57 bits per heavy atom. The van der Waals surface area contributed by atoms with Gasteiger partial charge >= 0.3 is 0 Å². The molecule has 0 saturated heterocycles. The van der Waals surface area contributed by atoms with E-state index in [1.54, 1.807) is 7.11 Å². The quantitative estimate of drug-likeness (QED) is 0.776. The van der Waals surface area contributed by atoms with Crippen LogP contribution in [0.3, 0.4) is 0 Å². The van der Waals surface area contributed by atoms with Gasteiger partial charge in [0.1, 0.15) is 6.61 Å². The highest BCUT2D eigenvalue weighted by molar-refractivity contribution is 4.98. The normalized spacial score (nSPS) is 27.0. The van der Waals surface area contributed by atoms with Crippen LogP contribution in [0.5, 0.6) is 0 Å². The molecule has 0 bridgehead atoms. The van der Waals surface area contributed by atoms with E-state index >= 15 is 0 Å². The highest BCUT2D eigenvalue weighted by Gasteiger charge is 2.27. The molecule has 5 heteroatoms. The standard InChI is InChI=1S/C9H15N3O2/c1-13-5-8-11-9(14-12-8)6-2-3-7(10)4-6/h6-7H,2-5,10H2,1H3. The van der Waals surface area contributed by atoms with Gasteiger partial charge in [-0.05, 0) is 19.3 Å². The average Bonchev–Trinajstić information content (AvgIpc) is 2.74. The largest absolute Gasteiger partial charge is 0.377 e. The lowest BCUT2D eigenvalue weighted by molar-refractivity contribution is 0.174. The monoisotopic (exact) mass is 197 g/mol. The summed E-state index contributed by atoms with van der Waals surface area (Å²) < 4.78 is 10.1. The SMILES string of the molecule is COCc1noc(C2CCC(N)C2)n1. The summed E-state index contributed by atoms with van der Waals surface area (Å²) in [7, 11) is 1.61. The third kappa shape index (κ3) is 1.93. The second-order valence-corrected chi connectivity index (χ2v) is 3.75. The molecule has 1 aliphatic carbocycles. The average molecular weight is 197 g/mol. The predicted octanol–water partition coefficient (Wildman–Crippen LogP) is 0.811. The van der Waals surface area contributed by atoms with Gasteiger partial charge in [0.05, 0.1) is 0 Å². The molecular formula is C9H15N3O2. The summed E-state index contributed by atoms with van der Waals surface area (Å²) in [4.78, 5) is 4.26. The molecule has 1 fully saturated rings. The molecule has 14 heavy (non-hydrogen) atoms. The zero-order chi connectivity index (χ0) is 9.97. The second kappa shape index (κ2) is 4.06. The molecule has 1 aromatic heterocycles. The fourth-order valence-electron chi connectivity index (χ4n) is 1.86. The van der Waals surface area contributed by atoms with E-state index in [1.165, 1.54) is 0 Å². The van der Waals surface area contributed by atoms with Crippen LogP contribution in [0.15, 0.2) is 4.52 Å². The maximum Gasteiger partial charge on any atom is 0.229 e. The van der Waals surface area contributed by atoms with Crippen molar-refractivity contribution in [3.05, 3.63) is 11.7 Å². The molecule has 1 aliphatic rings. The first kappa shape index (κ1) is 9.61. The Kier molecular flexibility index (Phi) is 2.79. The zero-order valence-electron chi connectivity index (χ0n) is 8.27. The number of ether oxygens (including phenoxy) is 1. The fourth-order valence-corrected chi connectivity index (χ4v) is 1.86. The van der Waals surface area contributed by atoms with Crippen LogP contribution < -0.4 is 5.73 Å². The van der Waals surface area contributed by atoms with Crippen LogP contribution in [-0.2, 0) is 11.3 Å². The van der Waals surface area contributed by atoms with Crippen LogP contribution in [-0.4, -0.2) is 23.3 Å². The number of hydrogen-bond acceptors (Lipinski definition) is 5. The van der Waals surface area contributed by atoms with Gasteiger partial charge in [0.2, 0.25) is 5.89 Å². The van der Waals surface area contributed by atoms with Crippen LogP contribution in [0.25, 0.3) is 0 Å². The number of rotatable bonds is 3. The first-order valence-corrected chi connectivity index (χ1v) is 4.86. The summed E-state index contributed by atoms with van der Waals surface area (Å²) in [5, 5.41) is 3.82. The van der Waals surface area contributed by atoms with Crippen molar-refractivity contribution in [2.45, 2.75) is 37.8 Å². The Morgan fingerprint density at radius 2 is 2.43 bits per heavy atom. The topological polar surface area (TPSA) is 74.2 Å². The van der Waals surface area contributed by atoms with E-state index in [9.17, 15) is 0 Å². The Labute approximate surface area is 82.6 Å². The first-order chi connectivity index (χ1) is 6.79. The summed E-state index contributed by atoms with van der Waals surface area (Å²) in [5.41, 5.74) is 5.81. The van der Waals surface area contributed by atoms with Crippen molar-refractivity contribution in [3.8, 4) is 0 Å². The van der Waals surface area contributed by atoms with Gasteiger partial charge in [-0.3, -0.25) is 0 Å². The van der Waals surface area contributed by atoms with Crippen molar-refractivity contribution in [2.75, 3.05) is 7.11 Å². The number of nitrogens with two attached hydrogens (primary N) is 1. The summed E-state index contributed by atoms with van der Waals surface area (Å²) in [6.45, 7) is 0.405. The molecule has 2 atom stereocenters. The molecule has 1 saturated carbocycles. The van der Waals surface area contributed by atoms with E-state index in [0.29, 0.717) is 24.2 Å². The molecule has 2 unspecified atom stereocenters. The minimum atomic E-state index is 0.290. The van der Waals surface area contributed by atoms with E-state index in [0.717, 1.165) is 19.3 Å². The third-order valence-electron chi connectivity index (χ3n) is 2.58. The van der Waals surface area contributed by atoms with Crippen molar-refractivity contribution in [1.29, 1.82) is 0 Å². The van der Waals surface area contributed by atoms with Gasteiger partial charge in [-0.15, -0.1) is 0 Å². The van der Waals surface area contributed by atoms with Crippen LogP contribution in [0.1, 0.15) is 36.9 Å². The predicted molar refractivity (Wildman–Crippen MR) is 49.6 cm³/mol. The maximum absolute atomic E-state index is 5.81. The molecule has 5 nitrogen and oxygen atoms in total. The van der Waals surface area contributed by atoms with Gasteiger partial charge < -0.3 is 15.0 Å². The van der Waals surface area contributed by atoms with E-state index < -0.39 is 0 Å². The Balaban J connectivity index is 2.02. The Bertz CT molecular complexity index is 300. The molecule has 0 aromatic carbocycles.